The van der Waals surface area contributed by atoms with Gasteiger partial charge in [-0.05, 0) is 38.0 Å². The summed E-state index contributed by atoms with van der Waals surface area (Å²) in [6.45, 7) is 3.55. The maximum Gasteiger partial charge on any atom is 0.248 e. The third-order valence-electron chi connectivity index (χ3n) is 4.27. The molecule has 3 rings (SSSR count). The van der Waals surface area contributed by atoms with Crippen LogP contribution in [0.4, 0.5) is 0 Å². The zero-order valence-electron chi connectivity index (χ0n) is 12.8. The Bertz CT molecular complexity index is 969. The SMILES string of the molecule is Cc1ccc(C=O)c2ccn(S(=O)(=O)C3(C)C=C(Br)C=CC3)c12. The van der Waals surface area contributed by atoms with Crippen molar-refractivity contribution < 1.29 is 13.2 Å². The first-order chi connectivity index (χ1) is 10.8. The van der Waals surface area contributed by atoms with Gasteiger partial charge in [0.05, 0.1) is 5.52 Å². The molecule has 23 heavy (non-hydrogen) atoms. The van der Waals surface area contributed by atoms with Crippen LogP contribution in [0.2, 0.25) is 0 Å². The summed E-state index contributed by atoms with van der Waals surface area (Å²) in [4.78, 5) is 11.2. The number of aldehydes is 1. The van der Waals surface area contributed by atoms with Crippen LogP contribution in [0.5, 0.6) is 0 Å². The minimum absolute atomic E-state index is 0.399. The molecule has 0 saturated heterocycles. The second kappa shape index (κ2) is 5.46. The van der Waals surface area contributed by atoms with Crippen molar-refractivity contribution in [3.63, 3.8) is 0 Å². The molecule has 1 aliphatic carbocycles. The van der Waals surface area contributed by atoms with Gasteiger partial charge in [0, 0.05) is 21.6 Å². The molecular weight excluding hydrogens is 378 g/mol. The van der Waals surface area contributed by atoms with Crippen molar-refractivity contribution in [1.29, 1.82) is 0 Å². The zero-order valence-corrected chi connectivity index (χ0v) is 15.2. The van der Waals surface area contributed by atoms with Gasteiger partial charge in [-0.1, -0.05) is 40.2 Å². The Balaban J connectivity index is 2.29. The minimum Gasteiger partial charge on any atom is -0.298 e. The highest BCUT2D eigenvalue weighted by Crippen LogP contribution is 2.35. The molecule has 0 amide bonds. The Morgan fingerprint density at radius 2 is 2.04 bits per heavy atom. The fourth-order valence-electron chi connectivity index (χ4n) is 2.93. The fourth-order valence-corrected chi connectivity index (χ4v) is 5.51. The van der Waals surface area contributed by atoms with E-state index in [1.165, 1.54) is 10.2 Å². The average Bonchev–Trinajstić information content (AvgIpc) is 2.94. The second-order valence-electron chi connectivity index (χ2n) is 5.92. The summed E-state index contributed by atoms with van der Waals surface area (Å²) in [5.74, 6) is 0. The molecule has 1 aromatic heterocycles. The topological polar surface area (TPSA) is 56.1 Å². The number of hydrogen-bond acceptors (Lipinski definition) is 3. The van der Waals surface area contributed by atoms with Gasteiger partial charge in [-0.25, -0.2) is 12.4 Å². The summed E-state index contributed by atoms with van der Waals surface area (Å²) in [6.07, 6.45) is 8.09. The summed E-state index contributed by atoms with van der Waals surface area (Å²) < 4.78 is 27.5. The van der Waals surface area contributed by atoms with E-state index in [0.29, 0.717) is 22.9 Å². The highest BCUT2D eigenvalue weighted by atomic mass is 79.9. The van der Waals surface area contributed by atoms with Gasteiger partial charge in [0.2, 0.25) is 10.0 Å². The molecule has 1 unspecified atom stereocenters. The number of carbonyl (C=O) groups is 1. The van der Waals surface area contributed by atoms with Crippen LogP contribution in [0.1, 0.15) is 29.3 Å². The lowest BCUT2D eigenvalue weighted by Gasteiger charge is -2.28. The third kappa shape index (κ3) is 2.40. The van der Waals surface area contributed by atoms with Crippen LogP contribution in [-0.2, 0) is 10.0 Å². The van der Waals surface area contributed by atoms with E-state index in [1.54, 1.807) is 31.2 Å². The molecule has 1 heterocycles. The van der Waals surface area contributed by atoms with E-state index in [4.69, 9.17) is 0 Å². The number of aryl methyl sites for hydroxylation is 1. The lowest BCUT2D eigenvalue weighted by molar-refractivity contribution is 0.112. The average molecular weight is 394 g/mol. The number of rotatable bonds is 3. The lowest BCUT2D eigenvalue weighted by atomic mass is 10.0. The highest BCUT2D eigenvalue weighted by Gasteiger charge is 2.39. The van der Waals surface area contributed by atoms with Crippen LogP contribution in [-0.4, -0.2) is 23.4 Å². The molecule has 0 radical (unpaired) electrons. The molecule has 0 saturated carbocycles. The molecule has 0 spiro atoms. The van der Waals surface area contributed by atoms with Crippen LogP contribution < -0.4 is 0 Å². The van der Waals surface area contributed by atoms with E-state index in [-0.39, 0.29) is 0 Å². The monoisotopic (exact) mass is 393 g/mol. The Labute approximate surface area is 143 Å². The van der Waals surface area contributed by atoms with Crippen LogP contribution in [0, 0.1) is 6.92 Å². The number of aromatic nitrogens is 1. The first-order valence-corrected chi connectivity index (χ1v) is 9.39. The van der Waals surface area contributed by atoms with Gasteiger partial charge in [-0.2, -0.15) is 0 Å². The van der Waals surface area contributed by atoms with Gasteiger partial charge in [-0.3, -0.25) is 4.79 Å². The highest BCUT2D eigenvalue weighted by molar-refractivity contribution is 9.11. The van der Waals surface area contributed by atoms with E-state index in [2.05, 4.69) is 15.9 Å². The molecular formula is C17H16BrNO3S. The Hall–Kier alpha value is -1.66. The number of carbonyl (C=O) groups excluding carboxylic acids is 1. The van der Waals surface area contributed by atoms with Gasteiger partial charge >= 0.3 is 0 Å². The van der Waals surface area contributed by atoms with Crippen molar-refractivity contribution in [3.05, 3.63) is 58.2 Å². The number of benzene rings is 1. The summed E-state index contributed by atoms with van der Waals surface area (Å²) in [5.41, 5.74) is 1.87. The second-order valence-corrected chi connectivity index (χ2v) is 9.11. The molecule has 6 heteroatoms. The molecule has 0 fully saturated rings. The maximum absolute atomic E-state index is 13.3. The van der Waals surface area contributed by atoms with Crippen molar-refractivity contribution in [2.45, 2.75) is 25.0 Å². The summed E-state index contributed by atoms with van der Waals surface area (Å²) in [7, 11) is -3.68. The van der Waals surface area contributed by atoms with Crippen molar-refractivity contribution in [2.75, 3.05) is 0 Å². The van der Waals surface area contributed by atoms with E-state index in [1.807, 2.05) is 19.1 Å². The van der Waals surface area contributed by atoms with E-state index in [0.717, 1.165) is 16.3 Å². The van der Waals surface area contributed by atoms with E-state index >= 15 is 0 Å². The molecule has 1 atom stereocenters. The Kier molecular flexibility index (Phi) is 3.84. The maximum atomic E-state index is 13.3. The smallest absolute Gasteiger partial charge is 0.248 e. The number of fused-ring (bicyclic) bond motifs is 1. The van der Waals surface area contributed by atoms with E-state index in [9.17, 15) is 13.2 Å². The molecule has 0 N–H and O–H groups in total. The van der Waals surface area contributed by atoms with Crippen LogP contribution >= 0.6 is 15.9 Å². The molecule has 4 nitrogen and oxygen atoms in total. The molecule has 1 aliphatic rings. The first-order valence-electron chi connectivity index (χ1n) is 7.16. The quantitative estimate of drug-likeness (QED) is 0.742. The zero-order chi connectivity index (χ0) is 16.8. The molecule has 0 bridgehead atoms. The number of nitrogens with zero attached hydrogens (tertiary/aromatic N) is 1. The normalized spacial score (nSPS) is 21.4. The molecule has 0 aliphatic heterocycles. The van der Waals surface area contributed by atoms with Crippen molar-refractivity contribution in [2.24, 2.45) is 0 Å². The molecule has 120 valence electrons. The van der Waals surface area contributed by atoms with Gasteiger partial charge in [-0.15, -0.1) is 0 Å². The standard InChI is InChI=1S/C17H16BrNO3S/c1-12-5-6-13(11-20)15-7-9-19(16(12)15)23(21,22)17(2)8-3-4-14(18)10-17/h3-7,9-11H,8H2,1-2H3. The fraction of sp³-hybridized carbons (Fsp3) is 0.235. The largest absolute Gasteiger partial charge is 0.298 e. The van der Waals surface area contributed by atoms with Crippen LogP contribution in [0.15, 0.2) is 47.1 Å². The van der Waals surface area contributed by atoms with E-state index < -0.39 is 14.8 Å². The Morgan fingerprint density at radius 1 is 1.30 bits per heavy atom. The predicted molar refractivity (Wildman–Crippen MR) is 95.6 cm³/mol. The lowest BCUT2D eigenvalue weighted by Crippen LogP contribution is -2.38. The Morgan fingerprint density at radius 3 is 2.70 bits per heavy atom. The van der Waals surface area contributed by atoms with Gasteiger partial charge in [0.1, 0.15) is 4.75 Å². The van der Waals surface area contributed by atoms with Crippen molar-refractivity contribution >= 4 is 43.1 Å². The van der Waals surface area contributed by atoms with Gasteiger partial charge in [0.15, 0.2) is 6.29 Å². The van der Waals surface area contributed by atoms with Crippen molar-refractivity contribution in [3.8, 4) is 0 Å². The van der Waals surface area contributed by atoms with Crippen LogP contribution in [0.3, 0.4) is 0 Å². The number of hydrogen-bond donors (Lipinski definition) is 0. The van der Waals surface area contributed by atoms with Crippen molar-refractivity contribution in [1.82, 2.24) is 3.97 Å². The summed E-state index contributed by atoms with van der Waals surface area (Å²) in [5, 5.41) is 0.654. The molecule has 2 aromatic rings. The minimum atomic E-state index is -3.68. The first kappa shape index (κ1) is 16.2. The van der Waals surface area contributed by atoms with Gasteiger partial charge in [0.25, 0.3) is 0 Å². The third-order valence-corrected chi connectivity index (χ3v) is 7.05. The molecule has 1 aromatic carbocycles. The summed E-state index contributed by atoms with van der Waals surface area (Å²) >= 11 is 3.36. The number of allylic oxidation sites excluding steroid dienone is 3. The predicted octanol–water partition coefficient (Wildman–Crippen LogP) is 3.94. The number of halogens is 1. The van der Waals surface area contributed by atoms with Crippen LogP contribution in [0.25, 0.3) is 10.9 Å². The van der Waals surface area contributed by atoms with Gasteiger partial charge < -0.3 is 0 Å². The summed E-state index contributed by atoms with van der Waals surface area (Å²) in [6, 6.07) is 5.17.